The second-order valence-corrected chi connectivity index (χ2v) is 5.81. The van der Waals surface area contributed by atoms with E-state index in [1.807, 2.05) is 6.92 Å². The summed E-state index contributed by atoms with van der Waals surface area (Å²) in [6.07, 6.45) is 2.37. The van der Waals surface area contributed by atoms with Crippen molar-refractivity contribution >= 4 is 29.2 Å². The van der Waals surface area contributed by atoms with Gasteiger partial charge in [-0.3, -0.25) is 15.6 Å². The van der Waals surface area contributed by atoms with E-state index in [1.54, 1.807) is 31.2 Å². The maximum absolute atomic E-state index is 11.9. The Morgan fingerprint density at radius 1 is 1.32 bits per heavy atom. The molecule has 0 heterocycles. The van der Waals surface area contributed by atoms with E-state index >= 15 is 0 Å². The monoisotopic (exact) mass is 325 g/mol. The first kappa shape index (κ1) is 18.3. The van der Waals surface area contributed by atoms with E-state index in [2.05, 4.69) is 10.9 Å². The molecule has 0 aromatic heterocycles. The molecule has 0 fully saturated rings. The molecule has 0 saturated heterocycles. The maximum atomic E-state index is 11.9. The molecule has 2 N–H and O–H groups in total. The molecule has 2 atom stereocenters. The Bertz CT molecular complexity index is 508. The number of carboxylic acids is 1. The molecule has 122 valence electrons. The van der Waals surface area contributed by atoms with Gasteiger partial charge in [0.05, 0.1) is 10.7 Å². The van der Waals surface area contributed by atoms with E-state index in [-0.39, 0.29) is 18.2 Å². The molecule has 0 spiro atoms. The highest BCUT2D eigenvalue weighted by atomic mass is 35.5. The van der Waals surface area contributed by atoms with Crippen molar-refractivity contribution in [2.24, 2.45) is 11.8 Å². The fraction of sp³-hybridized carbons (Fsp3) is 0.500. The van der Waals surface area contributed by atoms with E-state index in [0.717, 1.165) is 12.8 Å². The Balaban J connectivity index is 2.49. The lowest BCUT2D eigenvalue weighted by Gasteiger charge is -2.24. The topological polar surface area (TPSA) is 81.3 Å². The molecule has 0 bridgehead atoms. The lowest BCUT2D eigenvalue weighted by atomic mass is 9.87. The van der Waals surface area contributed by atoms with Crippen LogP contribution in [0.4, 0.5) is 5.69 Å². The van der Waals surface area contributed by atoms with Crippen LogP contribution in [0.3, 0.4) is 0 Å². The molecule has 0 unspecified atom stereocenters. The summed E-state index contributed by atoms with van der Waals surface area (Å²) >= 11 is 5.96. The van der Waals surface area contributed by atoms with Crippen molar-refractivity contribution in [2.45, 2.75) is 39.5 Å². The van der Waals surface area contributed by atoms with Crippen LogP contribution in [-0.4, -0.2) is 11.9 Å². The second-order valence-electron chi connectivity index (χ2n) is 5.40. The van der Waals surface area contributed by atoms with E-state index in [9.17, 15) is 14.7 Å². The van der Waals surface area contributed by atoms with Gasteiger partial charge in [-0.15, -0.1) is 0 Å². The van der Waals surface area contributed by atoms with Crippen LogP contribution in [0.25, 0.3) is 0 Å². The van der Waals surface area contributed by atoms with Crippen molar-refractivity contribution in [1.29, 1.82) is 0 Å². The number of carbonyl (C=O) groups is 2. The molecule has 6 heteroatoms. The predicted molar refractivity (Wildman–Crippen MR) is 85.0 cm³/mol. The zero-order chi connectivity index (χ0) is 16.5. The molecule has 22 heavy (non-hydrogen) atoms. The highest BCUT2D eigenvalue weighted by Gasteiger charge is 2.20. The number of carbonyl (C=O) groups excluding carboxylic acids is 2. The number of hydrogen-bond donors (Lipinski definition) is 2. The zero-order valence-corrected chi connectivity index (χ0v) is 13.7. The summed E-state index contributed by atoms with van der Waals surface area (Å²) in [7, 11) is 0. The van der Waals surface area contributed by atoms with Gasteiger partial charge < -0.3 is 9.90 Å². The number of unbranched alkanes of at least 4 members (excludes halogenated alkanes) is 1. The minimum absolute atomic E-state index is 0.111. The Hall–Kier alpha value is -1.75. The summed E-state index contributed by atoms with van der Waals surface area (Å²) in [6, 6.07) is 7.02. The number of aliphatic carboxylic acids is 1. The third kappa shape index (κ3) is 5.93. The summed E-state index contributed by atoms with van der Waals surface area (Å²) in [5.41, 5.74) is 5.86. The lowest BCUT2D eigenvalue weighted by Crippen LogP contribution is -2.38. The Kier molecular flexibility index (Phi) is 7.74. The van der Waals surface area contributed by atoms with Gasteiger partial charge in [-0.25, -0.2) is 0 Å². The van der Waals surface area contributed by atoms with Crippen molar-refractivity contribution in [2.75, 3.05) is 5.43 Å². The molecule has 0 saturated carbocycles. The van der Waals surface area contributed by atoms with E-state index in [1.165, 1.54) is 0 Å². The number of amides is 1. The van der Waals surface area contributed by atoms with Crippen LogP contribution >= 0.6 is 11.6 Å². The molecular weight excluding hydrogens is 304 g/mol. The van der Waals surface area contributed by atoms with Crippen LogP contribution in [0, 0.1) is 11.8 Å². The molecule has 1 aromatic carbocycles. The molecule has 0 radical (unpaired) electrons. The first-order chi connectivity index (χ1) is 10.5. The number of para-hydroxylation sites is 1. The highest BCUT2D eigenvalue weighted by molar-refractivity contribution is 6.33. The van der Waals surface area contributed by atoms with E-state index in [4.69, 9.17) is 11.6 Å². The molecule has 5 nitrogen and oxygen atoms in total. The van der Waals surface area contributed by atoms with Gasteiger partial charge in [-0.05, 0) is 24.5 Å². The van der Waals surface area contributed by atoms with Gasteiger partial charge in [0.25, 0.3) is 0 Å². The number of nitrogens with one attached hydrogen (secondary N) is 2. The van der Waals surface area contributed by atoms with Gasteiger partial charge in [0.2, 0.25) is 5.91 Å². The fourth-order valence-electron chi connectivity index (χ4n) is 2.24. The lowest BCUT2D eigenvalue weighted by molar-refractivity contribution is -0.313. The number of halogens is 1. The number of hydrazine groups is 1. The predicted octanol–water partition coefficient (Wildman–Crippen LogP) is 2.37. The van der Waals surface area contributed by atoms with Crippen molar-refractivity contribution in [3.05, 3.63) is 29.3 Å². The Morgan fingerprint density at radius 3 is 2.59 bits per heavy atom. The second kappa shape index (κ2) is 9.30. The first-order valence-electron chi connectivity index (χ1n) is 7.46. The third-order valence-corrected chi connectivity index (χ3v) is 3.91. The molecule has 1 amide bonds. The molecular formula is C16H22ClN2O3-. The Morgan fingerprint density at radius 2 is 2.00 bits per heavy atom. The fourth-order valence-corrected chi connectivity index (χ4v) is 2.43. The summed E-state index contributed by atoms with van der Waals surface area (Å²) in [6.45, 7) is 3.75. The maximum Gasteiger partial charge on any atom is 0.238 e. The van der Waals surface area contributed by atoms with Crippen LogP contribution in [-0.2, 0) is 9.59 Å². The van der Waals surface area contributed by atoms with Crippen LogP contribution in [0.2, 0.25) is 5.02 Å². The van der Waals surface area contributed by atoms with Gasteiger partial charge in [-0.1, -0.05) is 50.4 Å². The first-order valence-corrected chi connectivity index (χ1v) is 7.83. The normalized spacial score (nSPS) is 13.2. The van der Waals surface area contributed by atoms with Gasteiger partial charge in [0.15, 0.2) is 0 Å². The summed E-state index contributed by atoms with van der Waals surface area (Å²) in [4.78, 5) is 23.1. The van der Waals surface area contributed by atoms with Gasteiger partial charge in [0.1, 0.15) is 0 Å². The average molecular weight is 326 g/mol. The molecule has 0 aliphatic rings. The van der Waals surface area contributed by atoms with Crippen LogP contribution in [0.5, 0.6) is 0 Å². The van der Waals surface area contributed by atoms with Crippen LogP contribution < -0.4 is 16.0 Å². The number of hydrogen-bond acceptors (Lipinski definition) is 4. The summed E-state index contributed by atoms with van der Waals surface area (Å²) in [5.74, 6) is -2.27. The third-order valence-electron chi connectivity index (χ3n) is 3.58. The number of carboxylic acid groups (broad SMARTS) is 1. The molecule has 0 aliphatic carbocycles. The van der Waals surface area contributed by atoms with Crippen molar-refractivity contribution in [1.82, 2.24) is 5.43 Å². The van der Waals surface area contributed by atoms with Gasteiger partial charge in [-0.2, -0.15) is 0 Å². The standard InChI is InChI=1S/C16H23ClN2O3/c1-3-4-7-12(16(21)22)11(2)10-15(20)19-18-14-9-6-5-8-13(14)17/h5-6,8-9,11-12,18H,3-4,7,10H2,1-2H3,(H,19,20)(H,21,22)/p-1/t11-,12-/m0/s1. The Labute approximate surface area is 136 Å². The van der Waals surface area contributed by atoms with Crippen LogP contribution in [0.15, 0.2) is 24.3 Å². The summed E-state index contributed by atoms with van der Waals surface area (Å²) in [5, 5.41) is 11.7. The average Bonchev–Trinajstić information content (AvgIpc) is 2.46. The SMILES string of the molecule is CCCC[C@H](C(=O)[O-])[C@@H](C)CC(=O)NNc1ccccc1Cl. The summed E-state index contributed by atoms with van der Waals surface area (Å²) < 4.78 is 0. The molecule has 1 rings (SSSR count). The van der Waals surface area contributed by atoms with Crippen LogP contribution in [0.1, 0.15) is 39.5 Å². The minimum Gasteiger partial charge on any atom is -0.550 e. The minimum atomic E-state index is -1.09. The number of rotatable bonds is 9. The van der Waals surface area contributed by atoms with E-state index < -0.39 is 11.9 Å². The number of benzene rings is 1. The smallest absolute Gasteiger partial charge is 0.238 e. The van der Waals surface area contributed by atoms with E-state index in [0.29, 0.717) is 17.1 Å². The highest BCUT2D eigenvalue weighted by Crippen LogP contribution is 2.22. The van der Waals surface area contributed by atoms with Crippen molar-refractivity contribution in [3.63, 3.8) is 0 Å². The van der Waals surface area contributed by atoms with Crippen molar-refractivity contribution in [3.8, 4) is 0 Å². The van der Waals surface area contributed by atoms with Gasteiger partial charge >= 0.3 is 0 Å². The number of anilines is 1. The largest absolute Gasteiger partial charge is 0.550 e. The van der Waals surface area contributed by atoms with Gasteiger partial charge in [0, 0.05) is 18.3 Å². The quantitative estimate of drug-likeness (QED) is 0.683. The molecule has 0 aliphatic heterocycles. The zero-order valence-electron chi connectivity index (χ0n) is 12.9. The van der Waals surface area contributed by atoms with Crippen molar-refractivity contribution < 1.29 is 14.7 Å². The molecule has 1 aromatic rings.